The molecular formula is C10H15BrN2O2. The number of halogens is 1. The Kier molecular flexibility index (Phi) is 3.90. The predicted molar refractivity (Wildman–Crippen MR) is 61.3 cm³/mol. The van der Waals surface area contributed by atoms with Crippen molar-refractivity contribution < 1.29 is 9.21 Å². The van der Waals surface area contributed by atoms with E-state index in [-0.39, 0.29) is 11.9 Å². The molecule has 5 heteroatoms. The van der Waals surface area contributed by atoms with E-state index in [1.54, 1.807) is 25.8 Å². The van der Waals surface area contributed by atoms with E-state index in [4.69, 9.17) is 4.42 Å². The maximum atomic E-state index is 12.0. The van der Waals surface area contributed by atoms with Crippen molar-refractivity contribution in [3.8, 4) is 0 Å². The first kappa shape index (κ1) is 12.2. The van der Waals surface area contributed by atoms with Crippen molar-refractivity contribution in [2.45, 2.75) is 26.8 Å². The van der Waals surface area contributed by atoms with Crippen molar-refractivity contribution in [1.82, 2.24) is 9.88 Å². The summed E-state index contributed by atoms with van der Waals surface area (Å²) >= 11 is 3.34. The third kappa shape index (κ3) is 2.59. The highest BCUT2D eigenvalue weighted by Crippen LogP contribution is 2.13. The van der Waals surface area contributed by atoms with Gasteiger partial charge in [-0.1, -0.05) is 15.9 Å². The smallest absolute Gasteiger partial charge is 0.291 e. The van der Waals surface area contributed by atoms with Crippen LogP contribution in [0.5, 0.6) is 0 Å². The second-order valence-corrected chi connectivity index (χ2v) is 4.21. The minimum absolute atomic E-state index is 0.125. The zero-order valence-corrected chi connectivity index (χ0v) is 11.0. The fourth-order valence-corrected chi connectivity index (χ4v) is 1.63. The van der Waals surface area contributed by atoms with Gasteiger partial charge in [-0.3, -0.25) is 4.79 Å². The van der Waals surface area contributed by atoms with Gasteiger partial charge in [0.15, 0.2) is 5.89 Å². The number of hydrogen-bond acceptors (Lipinski definition) is 3. The highest BCUT2D eigenvalue weighted by Gasteiger charge is 2.22. The molecule has 0 aromatic carbocycles. The van der Waals surface area contributed by atoms with E-state index in [1.165, 1.54) is 0 Å². The number of alkyl halides is 1. The number of amides is 1. The van der Waals surface area contributed by atoms with Gasteiger partial charge in [-0.25, -0.2) is 4.98 Å². The van der Waals surface area contributed by atoms with Crippen LogP contribution in [-0.4, -0.2) is 34.2 Å². The Balaban J connectivity index is 2.89. The van der Waals surface area contributed by atoms with Crippen molar-refractivity contribution in [2.24, 2.45) is 0 Å². The largest absolute Gasteiger partial charge is 0.436 e. The number of carbonyl (C=O) groups is 1. The molecule has 4 nitrogen and oxygen atoms in total. The molecule has 0 radical (unpaired) electrons. The van der Waals surface area contributed by atoms with Gasteiger partial charge in [0.2, 0.25) is 5.76 Å². The van der Waals surface area contributed by atoms with E-state index in [9.17, 15) is 4.79 Å². The second kappa shape index (κ2) is 4.79. The van der Waals surface area contributed by atoms with Gasteiger partial charge >= 0.3 is 0 Å². The first-order valence-electron chi connectivity index (χ1n) is 4.74. The summed E-state index contributed by atoms with van der Waals surface area (Å²) in [5, 5.41) is 0.738. The first-order chi connectivity index (χ1) is 6.97. The van der Waals surface area contributed by atoms with Crippen LogP contribution < -0.4 is 0 Å². The van der Waals surface area contributed by atoms with Crippen LogP contribution in [0, 0.1) is 13.8 Å². The first-order valence-corrected chi connectivity index (χ1v) is 5.86. The molecule has 0 N–H and O–H groups in total. The van der Waals surface area contributed by atoms with E-state index in [0.717, 1.165) is 5.33 Å². The van der Waals surface area contributed by atoms with Gasteiger partial charge in [-0.05, 0) is 13.8 Å². The van der Waals surface area contributed by atoms with Gasteiger partial charge in [0, 0.05) is 25.3 Å². The second-order valence-electron chi connectivity index (χ2n) is 3.57. The Hall–Kier alpha value is -0.840. The van der Waals surface area contributed by atoms with E-state index in [1.807, 2.05) is 6.92 Å². The van der Waals surface area contributed by atoms with Gasteiger partial charge in [0.05, 0.1) is 5.69 Å². The zero-order chi connectivity index (χ0) is 11.6. The fourth-order valence-electron chi connectivity index (χ4n) is 1.19. The van der Waals surface area contributed by atoms with Crippen LogP contribution >= 0.6 is 15.9 Å². The summed E-state index contributed by atoms with van der Waals surface area (Å²) in [6, 6.07) is 0.127. The van der Waals surface area contributed by atoms with Crippen LogP contribution in [0.3, 0.4) is 0 Å². The molecule has 1 amide bonds. The molecular weight excluding hydrogens is 260 g/mol. The minimum Gasteiger partial charge on any atom is -0.436 e. The molecule has 1 heterocycles. The Labute approximate surface area is 97.8 Å². The number of rotatable bonds is 3. The van der Waals surface area contributed by atoms with Crippen molar-refractivity contribution in [3.05, 3.63) is 17.3 Å². The summed E-state index contributed by atoms with van der Waals surface area (Å²) < 4.78 is 5.27. The zero-order valence-electron chi connectivity index (χ0n) is 9.37. The lowest BCUT2D eigenvalue weighted by atomic mass is 10.3. The summed E-state index contributed by atoms with van der Waals surface area (Å²) in [7, 11) is 1.76. The highest BCUT2D eigenvalue weighted by molar-refractivity contribution is 9.09. The van der Waals surface area contributed by atoms with E-state index >= 15 is 0 Å². The summed E-state index contributed by atoms with van der Waals surface area (Å²) in [6.07, 6.45) is 0. The summed E-state index contributed by atoms with van der Waals surface area (Å²) in [6.45, 7) is 5.47. The molecule has 0 saturated heterocycles. The number of hydrogen-bond donors (Lipinski definition) is 0. The Morgan fingerprint density at radius 2 is 2.20 bits per heavy atom. The van der Waals surface area contributed by atoms with Crippen molar-refractivity contribution in [2.75, 3.05) is 12.4 Å². The molecule has 1 atom stereocenters. The molecule has 0 bridgehead atoms. The van der Waals surface area contributed by atoms with Crippen LogP contribution in [0.15, 0.2) is 4.42 Å². The van der Waals surface area contributed by atoms with Gasteiger partial charge in [0.1, 0.15) is 0 Å². The van der Waals surface area contributed by atoms with Crippen LogP contribution in [0.1, 0.15) is 29.1 Å². The Morgan fingerprint density at radius 1 is 1.60 bits per heavy atom. The van der Waals surface area contributed by atoms with Gasteiger partial charge in [0.25, 0.3) is 5.91 Å². The lowest BCUT2D eigenvalue weighted by Crippen LogP contribution is -2.36. The maximum Gasteiger partial charge on any atom is 0.291 e. The van der Waals surface area contributed by atoms with Crippen LogP contribution in [0.4, 0.5) is 0 Å². The lowest BCUT2D eigenvalue weighted by molar-refractivity contribution is 0.0723. The number of aromatic nitrogens is 1. The van der Waals surface area contributed by atoms with Gasteiger partial charge in [-0.15, -0.1) is 0 Å². The molecule has 0 spiro atoms. The van der Waals surface area contributed by atoms with E-state index in [0.29, 0.717) is 17.3 Å². The summed E-state index contributed by atoms with van der Waals surface area (Å²) in [5.41, 5.74) is 0.645. The van der Waals surface area contributed by atoms with E-state index < -0.39 is 0 Å². The van der Waals surface area contributed by atoms with Gasteiger partial charge < -0.3 is 9.32 Å². The molecule has 0 aliphatic rings. The number of carbonyl (C=O) groups excluding carboxylic acids is 1. The number of oxazole rings is 1. The highest BCUT2D eigenvalue weighted by atomic mass is 79.9. The molecule has 0 aliphatic heterocycles. The third-order valence-corrected chi connectivity index (χ3v) is 3.24. The monoisotopic (exact) mass is 274 g/mol. The summed E-state index contributed by atoms with van der Waals surface area (Å²) in [5.74, 6) is 0.735. The van der Waals surface area contributed by atoms with Crippen molar-refractivity contribution >= 4 is 21.8 Å². The predicted octanol–water partition coefficient (Wildman–Crippen LogP) is 2.15. The van der Waals surface area contributed by atoms with Crippen LogP contribution in [-0.2, 0) is 0 Å². The van der Waals surface area contributed by atoms with Crippen molar-refractivity contribution in [1.29, 1.82) is 0 Å². The number of nitrogens with zero attached hydrogens (tertiary/aromatic N) is 2. The third-order valence-electron chi connectivity index (χ3n) is 2.30. The average molecular weight is 275 g/mol. The SMILES string of the molecule is Cc1nc(C)c(C(=O)N(C)C(C)CBr)o1. The molecule has 1 unspecified atom stereocenters. The quantitative estimate of drug-likeness (QED) is 0.794. The standard InChI is InChI=1S/C10H15BrN2O2/c1-6(5-11)13(4)10(14)9-7(2)12-8(3)15-9/h6H,5H2,1-4H3. The topological polar surface area (TPSA) is 46.3 Å². The fraction of sp³-hybridized carbons (Fsp3) is 0.600. The molecule has 1 aromatic rings. The lowest BCUT2D eigenvalue weighted by Gasteiger charge is -2.21. The Bertz CT molecular complexity index is 362. The average Bonchev–Trinajstić information content (AvgIpc) is 2.54. The molecule has 0 saturated carbocycles. The number of aryl methyl sites for hydroxylation is 2. The molecule has 1 aromatic heterocycles. The molecule has 0 aliphatic carbocycles. The van der Waals surface area contributed by atoms with Crippen LogP contribution in [0.25, 0.3) is 0 Å². The Morgan fingerprint density at radius 3 is 2.60 bits per heavy atom. The van der Waals surface area contributed by atoms with E-state index in [2.05, 4.69) is 20.9 Å². The van der Waals surface area contributed by atoms with Crippen molar-refractivity contribution in [3.63, 3.8) is 0 Å². The maximum absolute atomic E-state index is 12.0. The van der Waals surface area contributed by atoms with Gasteiger partial charge in [-0.2, -0.15) is 0 Å². The molecule has 1 rings (SSSR count). The summed E-state index contributed by atoms with van der Waals surface area (Å²) in [4.78, 5) is 17.7. The normalized spacial score (nSPS) is 12.6. The molecule has 84 valence electrons. The minimum atomic E-state index is -0.125. The molecule has 0 fully saturated rings. The molecule has 15 heavy (non-hydrogen) atoms. The van der Waals surface area contributed by atoms with Crippen LogP contribution in [0.2, 0.25) is 0 Å².